The second kappa shape index (κ2) is 11.0. The van der Waals surface area contributed by atoms with E-state index in [9.17, 15) is 4.39 Å². The van der Waals surface area contributed by atoms with Gasteiger partial charge in [0.25, 0.3) is 0 Å². The quantitative estimate of drug-likeness (QED) is 0.298. The number of hydrogen-bond donors (Lipinski definition) is 2. The van der Waals surface area contributed by atoms with E-state index >= 15 is 0 Å². The number of benzene rings is 1. The predicted molar refractivity (Wildman–Crippen MR) is 106 cm³/mol. The van der Waals surface area contributed by atoms with E-state index in [0.29, 0.717) is 6.54 Å². The van der Waals surface area contributed by atoms with Gasteiger partial charge < -0.3 is 10.6 Å². The number of guanidine groups is 1. The summed E-state index contributed by atoms with van der Waals surface area (Å²) in [5, 5.41) is 10.7. The van der Waals surface area contributed by atoms with Gasteiger partial charge >= 0.3 is 0 Å². The summed E-state index contributed by atoms with van der Waals surface area (Å²) in [5.41, 5.74) is 2.03. The molecule has 5 nitrogen and oxygen atoms in total. The molecule has 0 aliphatic heterocycles. The van der Waals surface area contributed by atoms with Crippen molar-refractivity contribution in [2.45, 2.75) is 33.4 Å². The van der Waals surface area contributed by atoms with Crippen molar-refractivity contribution < 1.29 is 4.39 Å². The first kappa shape index (κ1) is 20.4. The highest BCUT2D eigenvalue weighted by Gasteiger charge is 1.99. The van der Waals surface area contributed by atoms with E-state index in [1.807, 2.05) is 37.0 Å². The van der Waals surface area contributed by atoms with Crippen LogP contribution in [-0.2, 0) is 13.1 Å². The van der Waals surface area contributed by atoms with Gasteiger partial charge in [0.1, 0.15) is 5.82 Å². The van der Waals surface area contributed by atoms with Crippen molar-refractivity contribution in [3.8, 4) is 0 Å². The third-order valence-corrected chi connectivity index (χ3v) is 3.27. The highest BCUT2D eigenvalue weighted by atomic mass is 127. The molecule has 0 atom stereocenters. The van der Waals surface area contributed by atoms with Gasteiger partial charge in [-0.1, -0.05) is 12.1 Å². The van der Waals surface area contributed by atoms with Crippen LogP contribution in [0.15, 0.2) is 41.7 Å². The monoisotopic (exact) mass is 445 g/mol. The molecule has 0 saturated heterocycles. The Labute approximate surface area is 159 Å². The van der Waals surface area contributed by atoms with E-state index < -0.39 is 0 Å². The zero-order valence-electron chi connectivity index (χ0n) is 14.1. The summed E-state index contributed by atoms with van der Waals surface area (Å²) in [7, 11) is 0. The molecule has 132 valence electrons. The maximum atomic E-state index is 13.2. The molecule has 1 aromatic carbocycles. The Bertz CT molecular complexity index is 641. The minimum Gasteiger partial charge on any atom is -0.357 e. The van der Waals surface area contributed by atoms with Crippen molar-refractivity contribution in [1.82, 2.24) is 20.4 Å². The molecular weight excluding hydrogens is 420 g/mol. The van der Waals surface area contributed by atoms with E-state index in [1.54, 1.807) is 6.07 Å². The minimum atomic E-state index is -0.231. The highest BCUT2D eigenvalue weighted by molar-refractivity contribution is 14.0. The van der Waals surface area contributed by atoms with Crippen molar-refractivity contribution in [3.05, 3.63) is 53.6 Å². The first-order valence-electron chi connectivity index (χ1n) is 7.93. The summed E-state index contributed by atoms with van der Waals surface area (Å²) in [5.74, 6) is 0.513. The Kier molecular flexibility index (Phi) is 9.36. The fraction of sp³-hybridized carbons (Fsp3) is 0.412. The van der Waals surface area contributed by atoms with Gasteiger partial charge in [0, 0.05) is 25.8 Å². The summed E-state index contributed by atoms with van der Waals surface area (Å²) < 4.78 is 15.1. The molecule has 0 spiro atoms. The van der Waals surface area contributed by atoms with Crippen molar-refractivity contribution in [2.75, 3.05) is 13.1 Å². The molecule has 2 aromatic rings. The zero-order chi connectivity index (χ0) is 16.5. The number of halogens is 2. The number of aliphatic imine (C=N–C) groups is 1. The Morgan fingerprint density at radius 3 is 2.83 bits per heavy atom. The summed E-state index contributed by atoms with van der Waals surface area (Å²) in [6.07, 6.45) is 4.84. The topological polar surface area (TPSA) is 54.2 Å². The van der Waals surface area contributed by atoms with Gasteiger partial charge in [-0.05, 0) is 43.5 Å². The highest BCUT2D eigenvalue weighted by Crippen LogP contribution is 2.04. The first-order valence-corrected chi connectivity index (χ1v) is 7.93. The van der Waals surface area contributed by atoms with Crippen molar-refractivity contribution in [2.24, 2.45) is 4.99 Å². The second-order valence-corrected chi connectivity index (χ2v) is 5.39. The summed E-state index contributed by atoms with van der Waals surface area (Å²) in [6.45, 7) is 6.95. The molecule has 0 aliphatic carbocycles. The lowest BCUT2D eigenvalue weighted by Gasteiger charge is -2.11. The number of rotatable bonds is 7. The molecule has 0 unspecified atom stereocenters. The maximum Gasteiger partial charge on any atom is 0.191 e. The van der Waals surface area contributed by atoms with Crippen LogP contribution in [-0.4, -0.2) is 28.8 Å². The molecule has 0 aliphatic rings. The predicted octanol–water partition coefficient (Wildman–Crippen LogP) is 3.09. The van der Waals surface area contributed by atoms with Crippen molar-refractivity contribution in [3.63, 3.8) is 0 Å². The van der Waals surface area contributed by atoms with Crippen LogP contribution in [0.5, 0.6) is 0 Å². The molecule has 7 heteroatoms. The van der Waals surface area contributed by atoms with Crippen LogP contribution in [0.2, 0.25) is 0 Å². The first-order chi connectivity index (χ1) is 11.2. The van der Waals surface area contributed by atoms with Gasteiger partial charge in [0.15, 0.2) is 5.96 Å². The molecular formula is C17H25FIN5. The lowest BCUT2D eigenvalue weighted by molar-refractivity contribution is 0.570. The molecule has 0 saturated carbocycles. The van der Waals surface area contributed by atoms with Gasteiger partial charge in [-0.3, -0.25) is 4.68 Å². The van der Waals surface area contributed by atoms with Gasteiger partial charge in [-0.25, -0.2) is 9.38 Å². The molecule has 0 bridgehead atoms. The largest absolute Gasteiger partial charge is 0.357 e. The number of nitrogens with zero attached hydrogens (tertiary/aromatic N) is 3. The number of aromatic nitrogens is 2. The normalized spacial score (nSPS) is 11.0. The Balaban J connectivity index is 0.00000288. The van der Waals surface area contributed by atoms with Gasteiger partial charge in [-0.2, -0.15) is 5.10 Å². The molecule has 0 radical (unpaired) electrons. The standard InChI is InChI=1S/C17H24FN5.HI/c1-3-19-17(21-12-15-6-4-7-16(18)10-15)20-8-5-9-23-13-14(2)11-22-23;/h4,6-7,10-11,13H,3,5,8-9,12H2,1-2H3,(H2,19,20,21);1H. The zero-order valence-corrected chi connectivity index (χ0v) is 16.5. The SMILES string of the molecule is CCNC(=NCc1cccc(F)c1)NCCCn1cc(C)cn1.I. The fourth-order valence-electron chi connectivity index (χ4n) is 2.18. The molecule has 24 heavy (non-hydrogen) atoms. The summed E-state index contributed by atoms with van der Waals surface area (Å²) in [4.78, 5) is 4.48. The number of hydrogen-bond acceptors (Lipinski definition) is 2. The second-order valence-electron chi connectivity index (χ2n) is 5.39. The van der Waals surface area contributed by atoms with Gasteiger partial charge in [0.05, 0.1) is 12.7 Å². The minimum absolute atomic E-state index is 0. The molecule has 2 rings (SSSR count). The van der Waals surface area contributed by atoms with Crippen LogP contribution in [0.4, 0.5) is 4.39 Å². The smallest absolute Gasteiger partial charge is 0.191 e. The number of nitrogens with one attached hydrogen (secondary N) is 2. The average molecular weight is 445 g/mol. The molecule has 1 heterocycles. The van der Waals surface area contributed by atoms with E-state index in [2.05, 4.69) is 20.7 Å². The Morgan fingerprint density at radius 2 is 2.17 bits per heavy atom. The molecule has 2 N–H and O–H groups in total. The average Bonchev–Trinajstić information content (AvgIpc) is 2.94. The van der Waals surface area contributed by atoms with E-state index in [4.69, 9.17) is 0 Å². The van der Waals surface area contributed by atoms with E-state index in [-0.39, 0.29) is 29.8 Å². The lowest BCUT2D eigenvalue weighted by atomic mass is 10.2. The van der Waals surface area contributed by atoms with Crippen LogP contribution in [0.1, 0.15) is 24.5 Å². The van der Waals surface area contributed by atoms with Crippen LogP contribution in [0.25, 0.3) is 0 Å². The van der Waals surface area contributed by atoms with Gasteiger partial charge in [0.2, 0.25) is 0 Å². The van der Waals surface area contributed by atoms with Crippen LogP contribution < -0.4 is 10.6 Å². The number of aryl methyl sites for hydroxylation is 2. The third-order valence-electron chi connectivity index (χ3n) is 3.27. The van der Waals surface area contributed by atoms with Crippen molar-refractivity contribution in [1.29, 1.82) is 0 Å². The third kappa shape index (κ3) is 7.29. The van der Waals surface area contributed by atoms with E-state index in [1.165, 1.54) is 17.7 Å². The molecule has 0 amide bonds. The van der Waals surface area contributed by atoms with Crippen molar-refractivity contribution >= 4 is 29.9 Å². The molecule has 1 aromatic heterocycles. The van der Waals surface area contributed by atoms with E-state index in [0.717, 1.165) is 37.6 Å². The summed E-state index contributed by atoms with van der Waals surface area (Å²) >= 11 is 0. The fourth-order valence-corrected chi connectivity index (χ4v) is 2.18. The van der Waals surface area contributed by atoms with Gasteiger partial charge in [-0.15, -0.1) is 24.0 Å². The van der Waals surface area contributed by atoms with Crippen LogP contribution in [0, 0.1) is 12.7 Å². The maximum absolute atomic E-state index is 13.2. The molecule has 0 fully saturated rings. The summed E-state index contributed by atoms with van der Waals surface area (Å²) in [6, 6.07) is 6.52. The lowest BCUT2D eigenvalue weighted by Crippen LogP contribution is -2.38. The Morgan fingerprint density at radius 1 is 1.33 bits per heavy atom. The van der Waals surface area contributed by atoms with Crippen LogP contribution >= 0.6 is 24.0 Å². The van der Waals surface area contributed by atoms with Crippen LogP contribution in [0.3, 0.4) is 0 Å². The Hall–Kier alpha value is -1.64.